The minimum absolute atomic E-state index is 0. The topological polar surface area (TPSA) is 25.8 Å². The molecule has 0 aliphatic heterocycles. The van der Waals surface area contributed by atoms with Crippen LogP contribution in [-0.4, -0.2) is 9.97 Å². The maximum absolute atomic E-state index is 3.66. The van der Waals surface area contributed by atoms with E-state index in [1.807, 2.05) is 24.3 Å². The van der Waals surface area contributed by atoms with E-state index in [1.165, 1.54) is 0 Å². The zero-order valence-electron chi connectivity index (χ0n) is 6.85. The summed E-state index contributed by atoms with van der Waals surface area (Å²) < 4.78 is 0. The Labute approximate surface area is 91.4 Å². The van der Waals surface area contributed by atoms with Crippen LogP contribution in [0, 0.1) is 12.4 Å². The molecule has 2 nitrogen and oxygen atoms in total. The van der Waals surface area contributed by atoms with Crippen molar-refractivity contribution < 1.29 is 20.1 Å². The molecule has 0 atom stereocenters. The fourth-order valence-corrected chi connectivity index (χ4v) is 0.555. The van der Waals surface area contributed by atoms with Gasteiger partial charge in [-0.15, -0.1) is 0 Å². The fraction of sp³-hybridized carbons (Fsp3) is 0. The largest absolute Gasteiger partial charge is 0.394 e. The Morgan fingerprint density at radius 2 is 1.15 bits per heavy atom. The van der Waals surface area contributed by atoms with Crippen LogP contribution in [0.1, 0.15) is 0 Å². The van der Waals surface area contributed by atoms with Crippen molar-refractivity contribution in [2.45, 2.75) is 0 Å². The van der Waals surface area contributed by atoms with Crippen LogP contribution in [-0.2, 0) is 20.1 Å². The first-order chi connectivity index (χ1) is 6.00. The van der Waals surface area contributed by atoms with Gasteiger partial charge in [-0.3, -0.25) is 0 Å². The van der Waals surface area contributed by atoms with Crippen molar-refractivity contribution in [3.8, 4) is 0 Å². The zero-order valence-corrected chi connectivity index (χ0v) is 9.24. The summed E-state index contributed by atoms with van der Waals surface area (Å²) in [5, 5.41) is 0. The molecule has 13 heavy (non-hydrogen) atoms. The number of pyridine rings is 2. The summed E-state index contributed by atoms with van der Waals surface area (Å²) in [6.45, 7) is 0. The number of rotatable bonds is 0. The van der Waals surface area contributed by atoms with Crippen molar-refractivity contribution in [2.75, 3.05) is 0 Å². The Balaban J connectivity index is 0.000000206. The van der Waals surface area contributed by atoms with Crippen LogP contribution < -0.4 is 0 Å². The molecular formula is C10H8IrN2-2. The van der Waals surface area contributed by atoms with Gasteiger partial charge in [0, 0.05) is 20.1 Å². The van der Waals surface area contributed by atoms with E-state index in [-0.39, 0.29) is 20.1 Å². The van der Waals surface area contributed by atoms with Gasteiger partial charge in [-0.05, 0) is 0 Å². The van der Waals surface area contributed by atoms with E-state index in [0.29, 0.717) is 0 Å². The van der Waals surface area contributed by atoms with Gasteiger partial charge in [0.2, 0.25) is 0 Å². The van der Waals surface area contributed by atoms with Gasteiger partial charge in [-0.1, -0.05) is 24.8 Å². The van der Waals surface area contributed by atoms with E-state index < -0.39 is 0 Å². The first-order valence-electron chi connectivity index (χ1n) is 3.54. The van der Waals surface area contributed by atoms with Gasteiger partial charge >= 0.3 is 0 Å². The van der Waals surface area contributed by atoms with Gasteiger partial charge in [0.05, 0.1) is 0 Å². The maximum Gasteiger partial charge on any atom is 0 e. The Morgan fingerprint density at radius 3 is 1.23 bits per heavy atom. The third-order valence-electron chi connectivity index (χ3n) is 1.03. The predicted octanol–water partition coefficient (Wildman–Crippen LogP) is 1.76. The average molecular weight is 348 g/mol. The second-order valence-corrected chi connectivity index (χ2v) is 1.92. The van der Waals surface area contributed by atoms with Crippen molar-refractivity contribution in [2.24, 2.45) is 0 Å². The predicted molar refractivity (Wildman–Crippen MR) is 46.1 cm³/mol. The summed E-state index contributed by atoms with van der Waals surface area (Å²) in [5.74, 6) is 0. The molecule has 3 heteroatoms. The van der Waals surface area contributed by atoms with Crippen LogP contribution in [0.2, 0.25) is 0 Å². The van der Waals surface area contributed by atoms with Crippen molar-refractivity contribution in [3.63, 3.8) is 0 Å². The quantitative estimate of drug-likeness (QED) is 0.678. The van der Waals surface area contributed by atoms with Crippen LogP contribution in [0.25, 0.3) is 0 Å². The average Bonchev–Trinajstić information content (AvgIpc) is 2.24. The molecule has 2 aromatic rings. The fourth-order valence-electron chi connectivity index (χ4n) is 0.555. The van der Waals surface area contributed by atoms with Gasteiger partial charge in [-0.2, -0.15) is 36.4 Å². The van der Waals surface area contributed by atoms with Gasteiger partial charge in [0.25, 0.3) is 0 Å². The number of hydrogen-bond donors (Lipinski definition) is 0. The molecule has 0 aliphatic rings. The molecule has 0 N–H and O–H groups in total. The molecule has 0 fully saturated rings. The molecule has 0 bridgehead atoms. The maximum atomic E-state index is 3.66. The Hall–Kier alpha value is -1.05. The smallest absolute Gasteiger partial charge is 0 e. The zero-order chi connectivity index (χ0) is 8.49. The second kappa shape index (κ2) is 9.04. The molecule has 0 amide bonds. The monoisotopic (exact) mass is 349 g/mol. The van der Waals surface area contributed by atoms with Crippen LogP contribution in [0.4, 0.5) is 0 Å². The summed E-state index contributed by atoms with van der Waals surface area (Å²) in [5.41, 5.74) is 0. The summed E-state index contributed by atoms with van der Waals surface area (Å²) in [6, 6.07) is 11.0. The molecule has 0 aromatic carbocycles. The molecule has 0 spiro atoms. The summed E-state index contributed by atoms with van der Waals surface area (Å²) in [4.78, 5) is 7.32. The Kier molecular flexibility index (Phi) is 8.31. The Bertz CT molecular complexity index is 188. The minimum Gasteiger partial charge on any atom is -0.394 e. The summed E-state index contributed by atoms with van der Waals surface area (Å²) in [7, 11) is 0. The van der Waals surface area contributed by atoms with Crippen LogP contribution in [0.3, 0.4) is 0 Å². The molecule has 1 radical (unpaired) electrons. The molecule has 2 rings (SSSR count). The number of nitrogens with zero attached hydrogens (tertiary/aromatic N) is 2. The third kappa shape index (κ3) is 7.31. The van der Waals surface area contributed by atoms with Gasteiger partial charge < -0.3 is 9.97 Å². The summed E-state index contributed by atoms with van der Waals surface area (Å²) in [6.07, 6.45) is 8.67. The first-order valence-corrected chi connectivity index (χ1v) is 3.54. The van der Waals surface area contributed by atoms with E-state index in [1.54, 1.807) is 24.5 Å². The molecule has 2 aromatic heterocycles. The van der Waals surface area contributed by atoms with Gasteiger partial charge in [-0.25, -0.2) is 0 Å². The van der Waals surface area contributed by atoms with Crippen molar-refractivity contribution in [1.82, 2.24) is 9.97 Å². The first kappa shape index (κ1) is 11.9. The third-order valence-corrected chi connectivity index (χ3v) is 1.03. The van der Waals surface area contributed by atoms with Gasteiger partial charge in [0.15, 0.2) is 0 Å². The molecular weight excluding hydrogens is 340 g/mol. The molecule has 0 saturated carbocycles. The standard InChI is InChI=1S/2C5H4N.Ir/c2*1-2-4-6-5-3-1;/h2*1-4H;/q2*-1;. The van der Waals surface area contributed by atoms with E-state index in [0.717, 1.165) is 0 Å². The normalized spacial score (nSPS) is 7.38. The molecule has 0 aliphatic carbocycles. The Morgan fingerprint density at radius 1 is 0.692 bits per heavy atom. The molecule has 0 unspecified atom stereocenters. The van der Waals surface area contributed by atoms with Gasteiger partial charge in [0.1, 0.15) is 0 Å². The number of hydrogen-bond acceptors (Lipinski definition) is 2. The van der Waals surface area contributed by atoms with Crippen molar-refractivity contribution in [3.05, 3.63) is 61.2 Å². The van der Waals surface area contributed by atoms with Crippen LogP contribution in [0.5, 0.6) is 0 Å². The van der Waals surface area contributed by atoms with E-state index >= 15 is 0 Å². The van der Waals surface area contributed by atoms with Crippen molar-refractivity contribution >= 4 is 0 Å². The van der Waals surface area contributed by atoms with Crippen LogP contribution in [0.15, 0.2) is 48.8 Å². The van der Waals surface area contributed by atoms with E-state index in [9.17, 15) is 0 Å². The number of aromatic nitrogens is 2. The minimum atomic E-state index is 0. The SMILES string of the molecule is [Ir].[c-]1ccccn1.[c-]1ccccn1. The van der Waals surface area contributed by atoms with Crippen LogP contribution >= 0.6 is 0 Å². The second-order valence-electron chi connectivity index (χ2n) is 1.92. The summed E-state index contributed by atoms with van der Waals surface area (Å²) >= 11 is 0. The van der Waals surface area contributed by atoms with Crippen molar-refractivity contribution in [1.29, 1.82) is 0 Å². The molecule has 0 saturated heterocycles. The van der Waals surface area contributed by atoms with E-state index in [4.69, 9.17) is 0 Å². The van der Waals surface area contributed by atoms with E-state index in [2.05, 4.69) is 22.4 Å². The molecule has 2 heterocycles. The molecule has 69 valence electrons.